The van der Waals surface area contributed by atoms with Gasteiger partial charge >= 0.3 is 5.97 Å². The minimum absolute atomic E-state index is 0.0610. The third-order valence-electron chi connectivity index (χ3n) is 6.99. The van der Waals surface area contributed by atoms with Gasteiger partial charge in [-0.1, -0.05) is 33.1 Å². The van der Waals surface area contributed by atoms with Crippen molar-refractivity contribution in [3.63, 3.8) is 0 Å². The van der Waals surface area contributed by atoms with E-state index in [1.54, 1.807) is 31.4 Å². The molecule has 1 aliphatic carbocycles. The lowest BCUT2D eigenvalue weighted by Gasteiger charge is -2.48. The Hall–Kier alpha value is -2.65. The molecule has 0 aromatic heterocycles. The number of hydrogen-bond acceptors (Lipinski definition) is 7. The van der Waals surface area contributed by atoms with Crippen molar-refractivity contribution >= 4 is 17.8 Å². The van der Waals surface area contributed by atoms with E-state index in [-0.39, 0.29) is 24.0 Å². The number of nitrogens with zero attached hydrogens (tertiary/aromatic N) is 1. The van der Waals surface area contributed by atoms with Gasteiger partial charge in [-0.15, -0.1) is 0 Å². The molecule has 0 radical (unpaired) electrons. The van der Waals surface area contributed by atoms with Gasteiger partial charge in [0.2, 0.25) is 0 Å². The minimum Gasteiger partial charge on any atom is -0.497 e. The van der Waals surface area contributed by atoms with Crippen molar-refractivity contribution in [1.82, 2.24) is 15.5 Å². The van der Waals surface area contributed by atoms with Gasteiger partial charge < -0.3 is 24.8 Å². The Bertz CT molecular complexity index is 845. The molecule has 1 atom stereocenters. The fourth-order valence-electron chi connectivity index (χ4n) is 4.86. The summed E-state index contributed by atoms with van der Waals surface area (Å²) in [6.45, 7) is 6.96. The number of morpholine rings is 1. The van der Waals surface area contributed by atoms with Crippen LogP contribution in [0.1, 0.15) is 56.3 Å². The second kappa shape index (κ2) is 12.9. The molecule has 1 saturated heterocycles. The first kappa shape index (κ1) is 26.9. The molecule has 0 unspecified atom stereocenters. The number of rotatable bonds is 10. The van der Waals surface area contributed by atoms with Crippen molar-refractivity contribution < 1.29 is 28.6 Å². The fraction of sp³-hybridized carbons (Fsp3) is 0.654. The Balaban J connectivity index is 1.51. The highest BCUT2D eigenvalue weighted by molar-refractivity contribution is 5.97. The summed E-state index contributed by atoms with van der Waals surface area (Å²) >= 11 is 0. The zero-order valence-corrected chi connectivity index (χ0v) is 21.1. The van der Waals surface area contributed by atoms with E-state index >= 15 is 0 Å². The summed E-state index contributed by atoms with van der Waals surface area (Å²) in [5.41, 5.74) is 0.344. The Kier molecular flexibility index (Phi) is 9.92. The number of benzene rings is 1. The molecular formula is C26H39N3O6. The van der Waals surface area contributed by atoms with Crippen molar-refractivity contribution in [3.05, 3.63) is 29.8 Å². The molecule has 2 aliphatic rings. The standard InChI is InChI=1S/C26H39N3O6/c1-19(2)23(28-24(31)20-7-9-21(33-3)10-8-20)25(32)35-17-22(30)27-18-26(11-5-4-6-12-26)29-13-15-34-16-14-29/h7-10,19,23H,4-6,11-18H2,1-3H3,(H,27,30)(H,28,31)/t23-/m0/s1. The van der Waals surface area contributed by atoms with E-state index in [9.17, 15) is 14.4 Å². The van der Waals surface area contributed by atoms with E-state index in [1.807, 2.05) is 13.8 Å². The second-order valence-electron chi connectivity index (χ2n) is 9.69. The molecule has 1 heterocycles. The summed E-state index contributed by atoms with van der Waals surface area (Å²) in [6, 6.07) is 5.74. The number of hydrogen-bond donors (Lipinski definition) is 2. The van der Waals surface area contributed by atoms with Gasteiger partial charge in [-0.05, 0) is 43.0 Å². The molecule has 2 N–H and O–H groups in total. The molecule has 3 rings (SSSR count). The highest BCUT2D eigenvalue weighted by Crippen LogP contribution is 2.33. The number of ether oxygens (including phenoxy) is 3. The zero-order valence-electron chi connectivity index (χ0n) is 21.1. The molecule has 0 bridgehead atoms. The van der Waals surface area contributed by atoms with Crippen LogP contribution in [0.5, 0.6) is 5.75 Å². The van der Waals surface area contributed by atoms with Gasteiger partial charge in [-0.2, -0.15) is 0 Å². The third-order valence-corrected chi connectivity index (χ3v) is 6.99. The molecule has 2 fully saturated rings. The summed E-state index contributed by atoms with van der Waals surface area (Å²) in [6.07, 6.45) is 5.59. The van der Waals surface area contributed by atoms with Crippen LogP contribution in [0.25, 0.3) is 0 Å². The fourth-order valence-corrected chi connectivity index (χ4v) is 4.86. The number of esters is 1. The van der Waals surface area contributed by atoms with Gasteiger partial charge in [0.05, 0.1) is 20.3 Å². The van der Waals surface area contributed by atoms with E-state index in [0.717, 1.165) is 38.8 Å². The highest BCUT2D eigenvalue weighted by Gasteiger charge is 2.39. The van der Waals surface area contributed by atoms with E-state index in [2.05, 4.69) is 15.5 Å². The number of nitrogens with one attached hydrogen (secondary N) is 2. The van der Waals surface area contributed by atoms with Gasteiger partial charge in [-0.3, -0.25) is 14.5 Å². The molecule has 9 heteroatoms. The smallest absolute Gasteiger partial charge is 0.329 e. The van der Waals surface area contributed by atoms with Gasteiger partial charge in [0.15, 0.2) is 6.61 Å². The average molecular weight is 490 g/mol. The maximum absolute atomic E-state index is 12.7. The topological polar surface area (TPSA) is 106 Å². The van der Waals surface area contributed by atoms with E-state index in [0.29, 0.717) is 31.1 Å². The summed E-state index contributed by atoms with van der Waals surface area (Å²) in [7, 11) is 1.55. The maximum Gasteiger partial charge on any atom is 0.329 e. The van der Waals surface area contributed by atoms with Gasteiger partial charge in [0.25, 0.3) is 11.8 Å². The van der Waals surface area contributed by atoms with Crippen LogP contribution >= 0.6 is 0 Å². The van der Waals surface area contributed by atoms with E-state index in [1.165, 1.54) is 6.42 Å². The van der Waals surface area contributed by atoms with Crippen molar-refractivity contribution in [2.75, 3.05) is 46.6 Å². The van der Waals surface area contributed by atoms with Gasteiger partial charge in [0.1, 0.15) is 11.8 Å². The largest absolute Gasteiger partial charge is 0.497 e. The molecule has 1 aromatic carbocycles. The van der Waals surface area contributed by atoms with Crippen LogP contribution < -0.4 is 15.4 Å². The molecule has 194 valence electrons. The van der Waals surface area contributed by atoms with Crippen LogP contribution in [0.15, 0.2) is 24.3 Å². The lowest BCUT2D eigenvalue weighted by molar-refractivity contribution is -0.151. The lowest BCUT2D eigenvalue weighted by atomic mass is 9.79. The van der Waals surface area contributed by atoms with Crippen LogP contribution in [0.4, 0.5) is 0 Å². The monoisotopic (exact) mass is 489 g/mol. The summed E-state index contributed by atoms with van der Waals surface area (Å²) in [5, 5.41) is 5.72. The van der Waals surface area contributed by atoms with Crippen LogP contribution in [0.3, 0.4) is 0 Å². The van der Waals surface area contributed by atoms with Gasteiger partial charge in [-0.25, -0.2) is 4.79 Å². The quantitative estimate of drug-likeness (QED) is 0.485. The van der Waals surface area contributed by atoms with Crippen molar-refractivity contribution in [2.45, 2.75) is 57.5 Å². The van der Waals surface area contributed by atoms with Crippen molar-refractivity contribution in [3.8, 4) is 5.75 Å². The molecule has 0 spiro atoms. The Morgan fingerprint density at radius 2 is 1.71 bits per heavy atom. The zero-order chi connectivity index (χ0) is 25.3. The van der Waals surface area contributed by atoms with Crippen molar-refractivity contribution in [2.24, 2.45) is 5.92 Å². The maximum atomic E-state index is 12.7. The van der Waals surface area contributed by atoms with E-state index < -0.39 is 17.9 Å². The first-order chi connectivity index (χ1) is 16.8. The van der Waals surface area contributed by atoms with Crippen LogP contribution in [-0.2, 0) is 19.1 Å². The molecule has 2 amide bonds. The van der Waals surface area contributed by atoms with Crippen LogP contribution in [0, 0.1) is 5.92 Å². The number of carbonyl (C=O) groups excluding carboxylic acids is 3. The SMILES string of the molecule is COc1ccc(C(=O)N[C@H](C(=O)OCC(=O)NCC2(N3CCOCC3)CCCCC2)C(C)C)cc1. The van der Waals surface area contributed by atoms with Crippen LogP contribution in [0.2, 0.25) is 0 Å². The first-order valence-electron chi connectivity index (χ1n) is 12.6. The molecule has 9 nitrogen and oxygen atoms in total. The van der Waals surface area contributed by atoms with Crippen LogP contribution in [-0.4, -0.2) is 80.8 Å². The number of methoxy groups -OCH3 is 1. The Labute approximate surface area is 207 Å². The summed E-state index contributed by atoms with van der Waals surface area (Å²) < 4.78 is 15.9. The molecule has 1 aliphatic heterocycles. The second-order valence-corrected chi connectivity index (χ2v) is 9.69. The summed E-state index contributed by atoms with van der Waals surface area (Å²) in [4.78, 5) is 40.4. The number of amides is 2. The lowest BCUT2D eigenvalue weighted by Crippen LogP contribution is -2.60. The van der Waals surface area contributed by atoms with Gasteiger partial charge in [0, 0.05) is 30.7 Å². The summed E-state index contributed by atoms with van der Waals surface area (Å²) in [5.74, 6) is -0.925. The van der Waals surface area contributed by atoms with Crippen molar-refractivity contribution in [1.29, 1.82) is 0 Å². The Morgan fingerprint density at radius 1 is 1.06 bits per heavy atom. The number of carbonyl (C=O) groups is 3. The average Bonchev–Trinajstić information content (AvgIpc) is 2.90. The predicted octanol–water partition coefficient (Wildman–Crippen LogP) is 2.14. The minimum atomic E-state index is -0.865. The third kappa shape index (κ3) is 7.41. The first-order valence-corrected chi connectivity index (χ1v) is 12.6. The molecule has 35 heavy (non-hydrogen) atoms. The Morgan fingerprint density at radius 3 is 2.31 bits per heavy atom. The predicted molar refractivity (Wildman–Crippen MR) is 131 cm³/mol. The van der Waals surface area contributed by atoms with E-state index in [4.69, 9.17) is 14.2 Å². The normalized spacial score (nSPS) is 19.0. The molecule has 1 saturated carbocycles. The highest BCUT2D eigenvalue weighted by atomic mass is 16.5. The molecular weight excluding hydrogens is 450 g/mol. The molecule has 1 aromatic rings.